The Morgan fingerprint density at radius 1 is 1.41 bits per heavy atom. The van der Waals surface area contributed by atoms with E-state index in [9.17, 15) is 8.42 Å². The maximum atomic E-state index is 11.3. The Balaban J connectivity index is 2.16. The van der Waals surface area contributed by atoms with Gasteiger partial charge in [-0.1, -0.05) is 0 Å². The van der Waals surface area contributed by atoms with Crippen LogP contribution in [0.5, 0.6) is 5.88 Å². The SMILES string of the molecule is COc1ncc(C2CCS(=O)(=O)CC2)cc1N. The maximum absolute atomic E-state index is 11.3. The van der Waals surface area contributed by atoms with Gasteiger partial charge in [-0.3, -0.25) is 0 Å². The first kappa shape index (κ1) is 12.2. The largest absolute Gasteiger partial charge is 0.480 e. The van der Waals surface area contributed by atoms with Gasteiger partial charge in [-0.15, -0.1) is 0 Å². The molecule has 0 radical (unpaired) electrons. The molecule has 2 N–H and O–H groups in total. The predicted octanol–water partition coefficient (Wildman–Crippen LogP) is 0.965. The number of rotatable bonds is 2. The molecule has 2 heterocycles. The highest BCUT2D eigenvalue weighted by molar-refractivity contribution is 7.91. The summed E-state index contributed by atoms with van der Waals surface area (Å²) in [6, 6.07) is 1.83. The molecule has 5 nitrogen and oxygen atoms in total. The van der Waals surface area contributed by atoms with Crippen molar-refractivity contribution in [1.29, 1.82) is 0 Å². The number of methoxy groups -OCH3 is 1. The van der Waals surface area contributed by atoms with Gasteiger partial charge >= 0.3 is 0 Å². The topological polar surface area (TPSA) is 82.3 Å². The van der Waals surface area contributed by atoms with E-state index in [0.717, 1.165) is 5.56 Å². The molecule has 1 aliphatic rings. The van der Waals surface area contributed by atoms with Crippen LogP contribution in [0.3, 0.4) is 0 Å². The van der Waals surface area contributed by atoms with Crippen molar-refractivity contribution in [3.05, 3.63) is 17.8 Å². The first-order valence-electron chi connectivity index (χ1n) is 5.51. The van der Waals surface area contributed by atoms with Crippen molar-refractivity contribution in [1.82, 2.24) is 4.98 Å². The average molecular weight is 256 g/mol. The van der Waals surface area contributed by atoms with Crippen molar-refractivity contribution in [2.45, 2.75) is 18.8 Å². The summed E-state index contributed by atoms with van der Waals surface area (Å²) < 4.78 is 27.7. The number of pyridine rings is 1. The summed E-state index contributed by atoms with van der Waals surface area (Å²) in [5.41, 5.74) is 7.28. The van der Waals surface area contributed by atoms with Crippen molar-refractivity contribution in [2.75, 3.05) is 24.3 Å². The second kappa shape index (κ2) is 4.52. The zero-order chi connectivity index (χ0) is 12.5. The van der Waals surface area contributed by atoms with Gasteiger partial charge in [-0.25, -0.2) is 13.4 Å². The molecule has 1 aromatic rings. The zero-order valence-corrected chi connectivity index (χ0v) is 10.5. The lowest BCUT2D eigenvalue weighted by Crippen LogP contribution is -2.22. The summed E-state index contributed by atoms with van der Waals surface area (Å²) in [5.74, 6) is 1.16. The van der Waals surface area contributed by atoms with Gasteiger partial charge in [-0.05, 0) is 30.4 Å². The Bertz CT molecular complexity index is 499. The Morgan fingerprint density at radius 2 is 2.06 bits per heavy atom. The Labute approximate surface area is 101 Å². The van der Waals surface area contributed by atoms with E-state index >= 15 is 0 Å². The van der Waals surface area contributed by atoms with Crippen LogP contribution in [0.1, 0.15) is 24.3 Å². The minimum atomic E-state index is -2.82. The van der Waals surface area contributed by atoms with E-state index in [1.54, 1.807) is 6.20 Å². The van der Waals surface area contributed by atoms with Crippen molar-refractivity contribution >= 4 is 15.5 Å². The third-order valence-corrected chi connectivity index (χ3v) is 4.83. The van der Waals surface area contributed by atoms with Crippen LogP contribution in [0.2, 0.25) is 0 Å². The highest BCUT2D eigenvalue weighted by Crippen LogP contribution is 2.31. The van der Waals surface area contributed by atoms with E-state index in [1.165, 1.54) is 7.11 Å². The summed E-state index contributed by atoms with van der Waals surface area (Å²) in [7, 11) is -1.30. The smallest absolute Gasteiger partial charge is 0.236 e. The van der Waals surface area contributed by atoms with Crippen LogP contribution in [0.15, 0.2) is 12.3 Å². The molecule has 1 saturated heterocycles. The number of hydrogen-bond acceptors (Lipinski definition) is 5. The first-order chi connectivity index (χ1) is 8.02. The molecule has 17 heavy (non-hydrogen) atoms. The zero-order valence-electron chi connectivity index (χ0n) is 9.72. The molecule has 0 aliphatic carbocycles. The van der Waals surface area contributed by atoms with Gasteiger partial charge < -0.3 is 10.5 Å². The van der Waals surface area contributed by atoms with Crippen LogP contribution < -0.4 is 10.5 Å². The summed E-state index contributed by atoms with van der Waals surface area (Å²) >= 11 is 0. The van der Waals surface area contributed by atoms with Gasteiger partial charge in [0.05, 0.1) is 24.3 Å². The number of hydrogen-bond donors (Lipinski definition) is 1. The molecule has 0 aromatic carbocycles. The van der Waals surface area contributed by atoms with E-state index in [2.05, 4.69) is 4.98 Å². The molecule has 1 aliphatic heterocycles. The summed E-state index contributed by atoms with van der Waals surface area (Å²) in [6.07, 6.45) is 3.02. The number of nitrogen functional groups attached to an aromatic ring is 1. The highest BCUT2D eigenvalue weighted by Gasteiger charge is 2.25. The van der Waals surface area contributed by atoms with Crippen LogP contribution in [0.25, 0.3) is 0 Å². The Hall–Kier alpha value is -1.30. The van der Waals surface area contributed by atoms with Crippen molar-refractivity contribution in [3.8, 4) is 5.88 Å². The third kappa shape index (κ3) is 2.69. The number of aromatic nitrogens is 1. The molecule has 0 saturated carbocycles. The molecular weight excluding hydrogens is 240 g/mol. The second-order valence-electron chi connectivity index (χ2n) is 4.29. The highest BCUT2D eigenvalue weighted by atomic mass is 32.2. The number of anilines is 1. The van der Waals surface area contributed by atoms with Gasteiger partial charge in [0.15, 0.2) is 0 Å². The minimum Gasteiger partial charge on any atom is -0.480 e. The maximum Gasteiger partial charge on any atom is 0.236 e. The molecule has 1 aromatic heterocycles. The van der Waals surface area contributed by atoms with Crippen LogP contribution in [-0.4, -0.2) is 32.0 Å². The Kier molecular flexibility index (Phi) is 3.24. The lowest BCUT2D eigenvalue weighted by Gasteiger charge is -2.22. The fourth-order valence-electron chi connectivity index (χ4n) is 2.10. The van der Waals surface area contributed by atoms with Crippen LogP contribution in [-0.2, 0) is 9.84 Å². The molecule has 6 heteroatoms. The number of nitrogens with two attached hydrogens (primary N) is 1. The molecule has 94 valence electrons. The molecular formula is C11H16N2O3S. The predicted molar refractivity (Wildman–Crippen MR) is 65.8 cm³/mol. The second-order valence-corrected chi connectivity index (χ2v) is 6.60. The van der Waals surface area contributed by atoms with E-state index in [0.29, 0.717) is 24.4 Å². The van der Waals surface area contributed by atoms with Crippen molar-refractivity contribution in [2.24, 2.45) is 0 Å². The number of nitrogens with zero attached hydrogens (tertiary/aromatic N) is 1. The lowest BCUT2D eigenvalue weighted by molar-refractivity contribution is 0.399. The number of sulfone groups is 1. The fourth-order valence-corrected chi connectivity index (χ4v) is 3.59. The standard InChI is InChI=1S/C11H16N2O3S/c1-16-11-10(12)6-9(7-13-11)8-2-4-17(14,15)5-3-8/h6-8H,2-5,12H2,1H3. The molecule has 0 atom stereocenters. The number of ether oxygens (including phenoxy) is 1. The molecule has 1 fully saturated rings. The van der Waals surface area contributed by atoms with Crippen LogP contribution in [0.4, 0.5) is 5.69 Å². The van der Waals surface area contributed by atoms with Gasteiger partial charge in [0.2, 0.25) is 5.88 Å². The molecule has 0 unspecified atom stereocenters. The summed E-state index contributed by atoms with van der Waals surface area (Å²) in [5, 5.41) is 0. The Morgan fingerprint density at radius 3 is 2.59 bits per heavy atom. The van der Waals surface area contributed by atoms with Gasteiger partial charge in [-0.2, -0.15) is 0 Å². The van der Waals surface area contributed by atoms with Crippen LogP contribution >= 0.6 is 0 Å². The lowest BCUT2D eigenvalue weighted by atomic mass is 9.95. The van der Waals surface area contributed by atoms with Gasteiger partial charge in [0.1, 0.15) is 9.84 Å². The van der Waals surface area contributed by atoms with Crippen molar-refractivity contribution in [3.63, 3.8) is 0 Å². The van der Waals surface area contributed by atoms with Gasteiger partial charge in [0.25, 0.3) is 0 Å². The van der Waals surface area contributed by atoms with Crippen LogP contribution in [0, 0.1) is 0 Å². The molecule has 0 amide bonds. The van der Waals surface area contributed by atoms with E-state index < -0.39 is 9.84 Å². The van der Waals surface area contributed by atoms with E-state index in [-0.39, 0.29) is 17.4 Å². The summed E-state index contributed by atoms with van der Waals surface area (Å²) in [6.45, 7) is 0. The average Bonchev–Trinajstić information content (AvgIpc) is 2.29. The monoisotopic (exact) mass is 256 g/mol. The third-order valence-electron chi connectivity index (χ3n) is 3.12. The molecule has 2 rings (SSSR count). The molecule has 0 spiro atoms. The van der Waals surface area contributed by atoms with E-state index in [1.807, 2.05) is 6.07 Å². The molecule has 0 bridgehead atoms. The van der Waals surface area contributed by atoms with Gasteiger partial charge in [0, 0.05) is 6.20 Å². The fraction of sp³-hybridized carbons (Fsp3) is 0.545. The van der Waals surface area contributed by atoms with Crippen molar-refractivity contribution < 1.29 is 13.2 Å². The normalized spacial score (nSPS) is 20.1. The first-order valence-corrected chi connectivity index (χ1v) is 7.34. The quantitative estimate of drug-likeness (QED) is 0.852. The summed E-state index contributed by atoms with van der Waals surface area (Å²) in [4.78, 5) is 4.11. The van der Waals surface area contributed by atoms with E-state index in [4.69, 9.17) is 10.5 Å². The minimum absolute atomic E-state index is 0.235.